The van der Waals surface area contributed by atoms with Gasteiger partial charge in [-0.1, -0.05) is 24.3 Å². The fourth-order valence-corrected chi connectivity index (χ4v) is 2.16. The molecule has 0 aliphatic heterocycles. The van der Waals surface area contributed by atoms with Crippen LogP contribution in [0.25, 0.3) is 0 Å². The molecule has 0 aliphatic rings. The first-order chi connectivity index (χ1) is 8.99. The summed E-state index contributed by atoms with van der Waals surface area (Å²) < 4.78 is 5.41. The van der Waals surface area contributed by atoms with E-state index in [-0.39, 0.29) is 5.91 Å². The number of carbonyl (C=O) groups excluding carboxylic acids is 1. The molecule has 0 saturated heterocycles. The van der Waals surface area contributed by atoms with Crippen LogP contribution in [0.3, 0.4) is 0 Å². The van der Waals surface area contributed by atoms with E-state index in [4.69, 9.17) is 4.42 Å². The maximum atomic E-state index is 12.4. The molecule has 0 unspecified atom stereocenters. The van der Waals surface area contributed by atoms with Crippen LogP contribution >= 0.6 is 0 Å². The Kier molecular flexibility index (Phi) is 3.74. The Morgan fingerprint density at radius 1 is 1.21 bits per heavy atom. The second-order valence-corrected chi connectivity index (χ2v) is 4.91. The monoisotopic (exact) mass is 257 g/mol. The molecule has 0 fully saturated rings. The molecule has 0 atom stereocenters. The Morgan fingerprint density at radius 3 is 2.47 bits per heavy atom. The first kappa shape index (κ1) is 13.4. The van der Waals surface area contributed by atoms with Gasteiger partial charge in [-0.25, -0.2) is 0 Å². The molecule has 1 amide bonds. The molecule has 1 aromatic heterocycles. The van der Waals surface area contributed by atoms with Gasteiger partial charge in [0.15, 0.2) is 0 Å². The van der Waals surface area contributed by atoms with Crippen molar-refractivity contribution < 1.29 is 9.21 Å². The van der Waals surface area contributed by atoms with Crippen molar-refractivity contribution in [2.24, 2.45) is 0 Å². The van der Waals surface area contributed by atoms with Crippen molar-refractivity contribution in [2.75, 3.05) is 7.05 Å². The number of amides is 1. The van der Waals surface area contributed by atoms with Crippen molar-refractivity contribution in [3.63, 3.8) is 0 Å². The van der Waals surface area contributed by atoms with E-state index in [0.29, 0.717) is 17.9 Å². The number of rotatable bonds is 3. The molecule has 100 valence electrons. The highest BCUT2D eigenvalue weighted by Gasteiger charge is 2.18. The second-order valence-electron chi connectivity index (χ2n) is 4.91. The predicted octanol–water partition coefficient (Wildman–Crippen LogP) is 3.48. The van der Waals surface area contributed by atoms with E-state index >= 15 is 0 Å². The molecular weight excluding hydrogens is 238 g/mol. The molecule has 19 heavy (non-hydrogen) atoms. The molecule has 0 aliphatic carbocycles. The molecule has 3 heteroatoms. The number of furan rings is 1. The van der Waals surface area contributed by atoms with Gasteiger partial charge in [-0.2, -0.15) is 0 Å². The maximum Gasteiger partial charge on any atom is 0.257 e. The summed E-state index contributed by atoms with van der Waals surface area (Å²) in [5, 5.41) is 0. The van der Waals surface area contributed by atoms with Crippen molar-refractivity contribution in [3.05, 3.63) is 58.5 Å². The van der Waals surface area contributed by atoms with Crippen LogP contribution < -0.4 is 0 Å². The van der Waals surface area contributed by atoms with E-state index in [1.165, 1.54) is 5.56 Å². The highest BCUT2D eigenvalue weighted by molar-refractivity contribution is 5.95. The minimum Gasteiger partial charge on any atom is -0.466 e. The van der Waals surface area contributed by atoms with E-state index < -0.39 is 0 Å². The molecule has 0 N–H and O–H groups in total. The summed E-state index contributed by atoms with van der Waals surface area (Å²) in [6.45, 7) is 6.34. The summed E-state index contributed by atoms with van der Waals surface area (Å²) in [5.41, 5.74) is 3.01. The van der Waals surface area contributed by atoms with Crippen LogP contribution in [0.2, 0.25) is 0 Å². The van der Waals surface area contributed by atoms with E-state index in [9.17, 15) is 4.79 Å². The number of benzene rings is 1. The van der Waals surface area contributed by atoms with E-state index in [1.54, 1.807) is 11.0 Å². The largest absolute Gasteiger partial charge is 0.466 e. The van der Waals surface area contributed by atoms with Gasteiger partial charge in [0.05, 0.1) is 5.56 Å². The average molecular weight is 257 g/mol. The lowest BCUT2D eigenvalue weighted by Gasteiger charge is -2.18. The van der Waals surface area contributed by atoms with Gasteiger partial charge in [-0.15, -0.1) is 0 Å². The Hall–Kier alpha value is -2.03. The number of nitrogens with zero attached hydrogens (tertiary/aromatic N) is 1. The molecule has 1 aromatic carbocycles. The first-order valence-electron chi connectivity index (χ1n) is 6.36. The lowest BCUT2D eigenvalue weighted by molar-refractivity contribution is 0.0783. The number of hydrogen-bond donors (Lipinski definition) is 0. The van der Waals surface area contributed by atoms with Gasteiger partial charge in [0.25, 0.3) is 5.91 Å². The lowest BCUT2D eigenvalue weighted by Crippen LogP contribution is -2.26. The minimum absolute atomic E-state index is 0.00222. The fraction of sp³-hybridized carbons (Fsp3) is 0.312. The fourth-order valence-electron chi connectivity index (χ4n) is 2.16. The molecule has 1 heterocycles. The number of aryl methyl sites for hydroxylation is 3. The van der Waals surface area contributed by atoms with E-state index in [1.807, 2.05) is 39.1 Å². The Labute approximate surface area is 113 Å². The number of carbonyl (C=O) groups is 1. The summed E-state index contributed by atoms with van der Waals surface area (Å²) in [6, 6.07) is 9.90. The zero-order valence-electron chi connectivity index (χ0n) is 11.9. The Bertz CT molecular complexity index is 599. The van der Waals surface area contributed by atoms with Crippen molar-refractivity contribution in [1.29, 1.82) is 0 Å². The van der Waals surface area contributed by atoms with Crippen LogP contribution in [0.4, 0.5) is 0 Å². The summed E-state index contributed by atoms with van der Waals surface area (Å²) in [6.07, 6.45) is 0. The summed E-state index contributed by atoms with van der Waals surface area (Å²) in [7, 11) is 1.82. The highest BCUT2D eigenvalue weighted by atomic mass is 16.3. The summed E-state index contributed by atoms with van der Waals surface area (Å²) in [5.74, 6) is 1.45. The molecule has 0 spiro atoms. The Balaban J connectivity index is 2.16. The van der Waals surface area contributed by atoms with Crippen molar-refractivity contribution >= 4 is 5.91 Å². The van der Waals surface area contributed by atoms with E-state index in [2.05, 4.69) is 13.0 Å². The van der Waals surface area contributed by atoms with Crippen molar-refractivity contribution in [2.45, 2.75) is 27.3 Å². The SMILES string of the molecule is Cc1cc(C(=O)N(C)Cc2ccccc2C)c(C)o1. The molecule has 2 rings (SSSR count). The van der Waals surface area contributed by atoms with Crippen LogP contribution in [0, 0.1) is 20.8 Å². The van der Waals surface area contributed by atoms with Gasteiger partial charge in [0, 0.05) is 13.6 Å². The lowest BCUT2D eigenvalue weighted by atomic mass is 10.1. The molecule has 3 nitrogen and oxygen atoms in total. The van der Waals surface area contributed by atoms with Crippen LogP contribution in [-0.4, -0.2) is 17.9 Å². The molecule has 0 bridgehead atoms. The molecular formula is C16H19NO2. The second kappa shape index (κ2) is 5.31. The van der Waals surface area contributed by atoms with Crippen molar-refractivity contribution in [3.8, 4) is 0 Å². The normalized spacial score (nSPS) is 10.5. The quantitative estimate of drug-likeness (QED) is 0.843. The van der Waals surface area contributed by atoms with Gasteiger partial charge >= 0.3 is 0 Å². The highest BCUT2D eigenvalue weighted by Crippen LogP contribution is 2.17. The average Bonchev–Trinajstić information content (AvgIpc) is 2.70. The van der Waals surface area contributed by atoms with Gasteiger partial charge in [0.1, 0.15) is 11.5 Å². The topological polar surface area (TPSA) is 33.5 Å². The van der Waals surface area contributed by atoms with E-state index in [0.717, 1.165) is 11.3 Å². The first-order valence-corrected chi connectivity index (χ1v) is 6.36. The third kappa shape index (κ3) is 2.87. The van der Waals surface area contributed by atoms with Crippen molar-refractivity contribution in [1.82, 2.24) is 4.90 Å². The van der Waals surface area contributed by atoms with Gasteiger partial charge in [-0.3, -0.25) is 4.79 Å². The van der Waals surface area contributed by atoms with Crippen LogP contribution in [0.15, 0.2) is 34.7 Å². The third-order valence-electron chi connectivity index (χ3n) is 3.29. The maximum absolute atomic E-state index is 12.4. The zero-order chi connectivity index (χ0) is 14.0. The zero-order valence-corrected chi connectivity index (χ0v) is 11.9. The van der Waals surface area contributed by atoms with Gasteiger partial charge in [-0.05, 0) is 38.0 Å². The Morgan fingerprint density at radius 2 is 1.89 bits per heavy atom. The van der Waals surface area contributed by atoms with Crippen LogP contribution in [0.5, 0.6) is 0 Å². The molecule has 0 saturated carbocycles. The summed E-state index contributed by atoms with van der Waals surface area (Å²) >= 11 is 0. The number of hydrogen-bond acceptors (Lipinski definition) is 2. The van der Waals surface area contributed by atoms with Crippen LogP contribution in [0.1, 0.15) is 33.0 Å². The molecule has 2 aromatic rings. The summed E-state index contributed by atoms with van der Waals surface area (Å²) in [4.78, 5) is 14.1. The van der Waals surface area contributed by atoms with Crippen LogP contribution in [-0.2, 0) is 6.54 Å². The predicted molar refractivity (Wildman–Crippen MR) is 75.2 cm³/mol. The van der Waals surface area contributed by atoms with Gasteiger partial charge < -0.3 is 9.32 Å². The smallest absolute Gasteiger partial charge is 0.257 e. The standard InChI is InChI=1S/C16H19NO2/c1-11-7-5-6-8-14(11)10-17(4)16(18)15-9-12(2)19-13(15)3/h5-9H,10H2,1-4H3. The molecule has 0 radical (unpaired) electrons. The van der Waals surface area contributed by atoms with Gasteiger partial charge in [0.2, 0.25) is 0 Å². The third-order valence-corrected chi connectivity index (χ3v) is 3.29. The minimum atomic E-state index is -0.00222.